The van der Waals surface area contributed by atoms with E-state index in [0.29, 0.717) is 5.75 Å². The third-order valence-corrected chi connectivity index (χ3v) is 5.36. The smallest absolute Gasteiger partial charge is 0.423 e. The van der Waals surface area contributed by atoms with E-state index in [9.17, 15) is 18.0 Å². The van der Waals surface area contributed by atoms with Crippen LogP contribution in [0.15, 0.2) is 29.2 Å². The maximum atomic E-state index is 13.4. The summed E-state index contributed by atoms with van der Waals surface area (Å²) in [6, 6.07) is 5.60. The molecule has 0 unspecified atom stereocenters. The van der Waals surface area contributed by atoms with Gasteiger partial charge in [0.2, 0.25) is 0 Å². The highest BCUT2D eigenvalue weighted by Gasteiger charge is 2.40. The number of hydrogen-bond donors (Lipinski definition) is 1. The molecular weight excluding hydrogens is 373 g/mol. The van der Waals surface area contributed by atoms with E-state index in [1.807, 2.05) is 23.3 Å². The number of nitrogens with one attached hydrogen (secondary N) is 1. The van der Waals surface area contributed by atoms with Gasteiger partial charge < -0.3 is 14.5 Å². The van der Waals surface area contributed by atoms with Gasteiger partial charge in [-0.15, -0.1) is 0 Å². The molecular formula is C19H21F3N4O2. The quantitative estimate of drug-likeness (QED) is 0.868. The molecule has 2 aliphatic rings. The SMILES string of the molecule is CN1CCC(Oc2cccc3c2CN(c2cn[nH]c(=O)c2C(F)(F)F)C3)CC1. The molecule has 2 aromatic rings. The molecule has 0 amide bonds. The van der Waals surface area contributed by atoms with Crippen LogP contribution >= 0.6 is 0 Å². The van der Waals surface area contributed by atoms with E-state index in [0.717, 1.165) is 43.3 Å². The second kappa shape index (κ2) is 7.12. The predicted octanol–water partition coefficient (Wildman–Crippen LogP) is 2.78. The van der Waals surface area contributed by atoms with Gasteiger partial charge in [-0.05, 0) is 31.5 Å². The number of halogens is 3. The Bertz CT molecular complexity index is 920. The van der Waals surface area contributed by atoms with Crippen molar-refractivity contribution < 1.29 is 17.9 Å². The zero-order valence-electron chi connectivity index (χ0n) is 15.4. The molecule has 0 atom stereocenters. The summed E-state index contributed by atoms with van der Waals surface area (Å²) in [5, 5.41) is 5.45. The van der Waals surface area contributed by atoms with Crippen LogP contribution in [0.2, 0.25) is 0 Å². The van der Waals surface area contributed by atoms with Crippen molar-refractivity contribution in [1.82, 2.24) is 15.1 Å². The van der Waals surface area contributed by atoms with Crippen molar-refractivity contribution in [1.29, 1.82) is 0 Å². The summed E-state index contributed by atoms with van der Waals surface area (Å²) in [5.41, 5.74) is -0.886. The number of likely N-dealkylation sites (tertiary alicyclic amines) is 1. The van der Waals surface area contributed by atoms with Crippen LogP contribution in [0.5, 0.6) is 5.75 Å². The van der Waals surface area contributed by atoms with Crippen molar-refractivity contribution in [3.05, 3.63) is 51.4 Å². The molecule has 9 heteroatoms. The van der Waals surface area contributed by atoms with Crippen LogP contribution in [0.4, 0.5) is 18.9 Å². The number of benzene rings is 1. The van der Waals surface area contributed by atoms with Crippen molar-refractivity contribution in [2.75, 3.05) is 25.0 Å². The molecule has 1 fully saturated rings. The summed E-state index contributed by atoms with van der Waals surface area (Å²) in [5.74, 6) is 0.709. The van der Waals surface area contributed by atoms with Gasteiger partial charge in [0.15, 0.2) is 0 Å². The number of aromatic nitrogens is 2. The minimum atomic E-state index is -4.76. The lowest BCUT2D eigenvalue weighted by atomic mass is 10.1. The number of alkyl halides is 3. The van der Waals surface area contributed by atoms with E-state index < -0.39 is 17.3 Å². The van der Waals surface area contributed by atoms with Crippen LogP contribution in [-0.4, -0.2) is 41.3 Å². The number of hydrogen-bond acceptors (Lipinski definition) is 5. The summed E-state index contributed by atoms with van der Waals surface area (Å²) in [4.78, 5) is 15.5. The maximum Gasteiger partial charge on any atom is 0.423 e. The molecule has 28 heavy (non-hydrogen) atoms. The molecule has 0 aliphatic carbocycles. The van der Waals surface area contributed by atoms with Gasteiger partial charge in [-0.1, -0.05) is 12.1 Å². The standard InChI is InChI=1S/C19H21F3N4O2/c1-25-7-5-13(6-8-25)28-16-4-2-3-12-10-26(11-14(12)16)15-9-23-24-18(27)17(15)19(20,21)22/h2-4,9,13H,5-8,10-11H2,1H3,(H,24,27). The van der Waals surface area contributed by atoms with E-state index in [4.69, 9.17) is 4.74 Å². The topological polar surface area (TPSA) is 61.5 Å². The van der Waals surface area contributed by atoms with Crippen molar-refractivity contribution in [3.63, 3.8) is 0 Å². The van der Waals surface area contributed by atoms with E-state index >= 15 is 0 Å². The molecule has 1 N–H and O–H groups in total. The normalized spacial score (nSPS) is 18.4. The third kappa shape index (κ3) is 3.58. The third-order valence-electron chi connectivity index (χ3n) is 5.36. The molecule has 2 aliphatic heterocycles. The number of aromatic amines is 1. The Labute approximate surface area is 159 Å². The minimum absolute atomic E-state index is 0.101. The lowest BCUT2D eigenvalue weighted by molar-refractivity contribution is -0.138. The molecule has 1 aromatic heterocycles. The predicted molar refractivity (Wildman–Crippen MR) is 97.3 cm³/mol. The molecule has 1 aromatic carbocycles. The highest BCUT2D eigenvalue weighted by Crippen LogP contribution is 2.39. The van der Waals surface area contributed by atoms with E-state index in [1.54, 1.807) is 0 Å². The molecule has 3 heterocycles. The summed E-state index contributed by atoms with van der Waals surface area (Å²) in [7, 11) is 2.07. The minimum Gasteiger partial charge on any atom is -0.490 e. The molecule has 0 saturated carbocycles. The van der Waals surface area contributed by atoms with Crippen molar-refractivity contribution in [2.45, 2.75) is 38.2 Å². The van der Waals surface area contributed by atoms with Crippen LogP contribution in [0.1, 0.15) is 29.5 Å². The number of piperidine rings is 1. The second-order valence-electron chi connectivity index (χ2n) is 7.33. The van der Waals surface area contributed by atoms with Crippen LogP contribution < -0.4 is 15.2 Å². The van der Waals surface area contributed by atoms with Gasteiger partial charge in [0, 0.05) is 31.7 Å². The highest BCUT2D eigenvalue weighted by molar-refractivity contribution is 5.58. The van der Waals surface area contributed by atoms with Crippen molar-refractivity contribution >= 4 is 5.69 Å². The summed E-state index contributed by atoms with van der Waals surface area (Å²) >= 11 is 0. The van der Waals surface area contributed by atoms with Crippen LogP contribution in [0.25, 0.3) is 0 Å². The largest absolute Gasteiger partial charge is 0.490 e. The van der Waals surface area contributed by atoms with Crippen LogP contribution in [0.3, 0.4) is 0 Å². The Kier molecular flexibility index (Phi) is 4.78. The average Bonchev–Trinajstić information content (AvgIpc) is 3.07. The molecule has 0 spiro atoms. The van der Waals surface area contributed by atoms with Crippen LogP contribution in [0, 0.1) is 0 Å². The fourth-order valence-corrected chi connectivity index (χ4v) is 3.86. The Morgan fingerprint density at radius 1 is 1.21 bits per heavy atom. The van der Waals surface area contributed by atoms with Gasteiger partial charge in [-0.2, -0.15) is 18.3 Å². The Hall–Kier alpha value is -2.55. The van der Waals surface area contributed by atoms with E-state index in [1.165, 1.54) is 4.90 Å². The molecule has 150 valence electrons. The first-order valence-electron chi connectivity index (χ1n) is 9.18. The van der Waals surface area contributed by atoms with Gasteiger partial charge >= 0.3 is 6.18 Å². The number of fused-ring (bicyclic) bond motifs is 1. The zero-order valence-corrected chi connectivity index (χ0v) is 15.4. The lowest BCUT2D eigenvalue weighted by Gasteiger charge is -2.30. The lowest BCUT2D eigenvalue weighted by Crippen LogP contribution is -2.35. The summed E-state index contributed by atoms with van der Waals surface area (Å²) in [6.07, 6.45) is -1.76. The molecule has 0 radical (unpaired) electrons. The number of nitrogens with zero attached hydrogens (tertiary/aromatic N) is 3. The molecule has 1 saturated heterocycles. The number of rotatable bonds is 3. The molecule has 4 rings (SSSR count). The van der Waals surface area contributed by atoms with E-state index in [2.05, 4.69) is 17.0 Å². The van der Waals surface area contributed by atoms with Crippen LogP contribution in [-0.2, 0) is 19.3 Å². The van der Waals surface area contributed by atoms with Crippen molar-refractivity contribution in [3.8, 4) is 5.75 Å². The number of anilines is 1. The Morgan fingerprint density at radius 2 is 1.96 bits per heavy atom. The van der Waals surface area contributed by atoms with E-state index in [-0.39, 0.29) is 24.9 Å². The molecule has 0 bridgehead atoms. The number of ether oxygens (including phenoxy) is 1. The first-order valence-corrected chi connectivity index (χ1v) is 9.18. The van der Waals surface area contributed by atoms with Gasteiger partial charge in [0.1, 0.15) is 17.4 Å². The maximum absolute atomic E-state index is 13.4. The van der Waals surface area contributed by atoms with Gasteiger partial charge in [-0.3, -0.25) is 4.79 Å². The zero-order chi connectivity index (χ0) is 19.9. The van der Waals surface area contributed by atoms with Gasteiger partial charge in [0.25, 0.3) is 5.56 Å². The molecule has 6 nitrogen and oxygen atoms in total. The monoisotopic (exact) mass is 394 g/mol. The number of H-pyrrole nitrogens is 1. The average molecular weight is 394 g/mol. The summed E-state index contributed by atoms with van der Waals surface area (Å²) in [6.45, 7) is 2.43. The Balaban J connectivity index is 1.60. The Morgan fingerprint density at radius 3 is 2.68 bits per heavy atom. The first-order chi connectivity index (χ1) is 13.3. The summed E-state index contributed by atoms with van der Waals surface area (Å²) < 4.78 is 46.4. The first kappa shape index (κ1) is 18.8. The van der Waals surface area contributed by atoms with Gasteiger partial charge in [0.05, 0.1) is 11.9 Å². The fourth-order valence-electron chi connectivity index (χ4n) is 3.86. The van der Waals surface area contributed by atoms with Gasteiger partial charge in [-0.25, -0.2) is 5.10 Å². The van der Waals surface area contributed by atoms with Crippen molar-refractivity contribution in [2.24, 2.45) is 0 Å². The highest BCUT2D eigenvalue weighted by atomic mass is 19.4. The fraction of sp³-hybridized carbons (Fsp3) is 0.474. The second-order valence-corrected chi connectivity index (χ2v) is 7.33.